The van der Waals surface area contributed by atoms with Crippen molar-refractivity contribution in [3.05, 3.63) is 59.4 Å². The zero-order valence-electron chi connectivity index (χ0n) is 11.7. The highest BCUT2D eigenvalue weighted by Crippen LogP contribution is 2.32. The second kappa shape index (κ2) is 5.51. The van der Waals surface area contributed by atoms with Crippen LogP contribution >= 0.6 is 0 Å². The highest BCUT2D eigenvalue weighted by molar-refractivity contribution is 5.40. The molecule has 0 radical (unpaired) electrons. The van der Waals surface area contributed by atoms with Crippen LogP contribution in [0.5, 0.6) is 11.5 Å². The molecule has 0 fully saturated rings. The molecule has 4 heteroatoms. The molecule has 20 heavy (non-hydrogen) atoms. The first-order valence-corrected chi connectivity index (χ1v) is 6.20. The maximum Gasteiger partial charge on any atom is 0.165 e. The van der Waals surface area contributed by atoms with Crippen LogP contribution < -0.4 is 9.47 Å². The molecule has 1 atom stereocenters. The van der Waals surface area contributed by atoms with Crippen molar-refractivity contribution in [3.8, 4) is 11.5 Å². The van der Waals surface area contributed by atoms with E-state index in [1.807, 2.05) is 0 Å². The molecule has 2 aromatic rings. The first-order valence-electron chi connectivity index (χ1n) is 6.20. The van der Waals surface area contributed by atoms with E-state index in [0.29, 0.717) is 16.9 Å². The van der Waals surface area contributed by atoms with Gasteiger partial charge in [-0.1, -0.05) is 18.2 Å². The molecular weight excluding hydrogens is 259 g/mol. The quantitative estimate of drug-likeness (QED) is 0.932. The van der Waals surface area contributed by atoms with E-state index in [1.54, 1.807) is 44.4 Å². The van der Waals surface area contributed by atoms with Crippen LogP contribution in [-0.2, 0) is 5.60 Å². The summed E-state index contributed by atoms with van der Waals surface area (Å²) in [4.78, 5) is 0. The first-order chi connectivity index (χ1) is 9.48. The second-order valence-electron chi connectivity index (χ2n) is 4.65. The van der Waals surface area contributed by atoms with Gasteiger partial charge < -0.3 is 14.6 Å². The molecule has 1 unspecified atom stereocenters. The van der Waals surface area contributed by atoms with Crippen LogP contribution in [0.25, 0.3) is 0 Å². The molecular formula is C16H17FO3. The third kappa shape index (κ3) is 2.60. The van der Waals surface area contributed by atoms with Crippen LogP contribution in [0.4, 0.5) is 4.39 Å². The van der Waals surface area contributed by atoms with E-state index in [0.717, 1.165) is 0 Å². The molecule has 0 aliphatic carbocycles. The van der Waals surface area contributed by atoms with Crippen LogP contribution in [0, 0.1) is 5.82 Å². The molecule has 2 aromatic carbocycles. The van der Waals surface area contributed by atoms with Gasteiger partial charge in [0.2, 0.25) is 0 Å². The molecule has 0 aromatic heterocycles. The number of hydrogen-bond acceptors (Lipinski definition) is 3. The number of rotatable bonds is 4. The van der Waals surface area contributed by atoms with E-state index >= 15 is 0 Å². The Kier molecular flexibility index (Phi) is 3.95. The van der Waals surface area contributed by atoms with E-state index in [9.17, 15) is 9.50 Å². The summed E-state index contributed by atoms with van der Waals surface area (Å²) in [7, 11) is 2.98. The fourth-order valence-corrected chi connectivity index (χ4v) is 2.05. The molecule has 0 aliphatic rings. The topological polar surface area (TPSA) is 38.7 Å². The summed E-state index contributed by atoms with van der Waals surface area (Å²) < 4.78 is 23.7. The molecule has 0 saturated heterocycles. The molecule has 0 bridgehead atoms. The Morgan fingerprint density at radius 1 is 0.950 bits per heavy atom. The van der Waals surface area contributed by atoms with E-state index < -0.39 is 11.4 Å². The van der Waals surface area contributed by atoms with Crippen molar-refractivity contribution in [2.24, 2.45) is 0 Å². The SMILES string of the molecule is COc1ccc(C(C)(O)c2ccc(OC)c(F)c2)cc1. The van der Waals surface area contributed by atoms with Gasteiger partial charge in [0, 0.05) is 0 Å². The summed E-state index contributed by atoms with van der Waals surface area (Å²) in [6.07, 6.45) is 0. The van der Waals surface area contributed by atoms with E-state index in [2.05, 4.69) is 0 Å². The minimum absolute atomic E-state index is 0.152. The lowest BCUT2D eigenvalue weighted by atomic mass is 9.88. The lowest BCUT2D eigenvalue weighted by molar-refractivity contribution is 0.102. The summed E-state index contributed by atoms with van der Waals surface area (Å²) >= 11 is 0. The number of halogens is 1. The Hall–Kier alpha value is -2.07. The van der Waals surface area contributed by atoms with Gasteiger partial charge in [-0.25, -0.2) is 4.39 Å². The Morgan fingerprint density at radius 3 is 2.05 bits per heavy atom. The monoisotopic (exact) mass is 276 g/mol. The molecule has 106 valence electrons. The van der Waals surface area contributed by atoms with Gasteiger partial charge in [-0.2, -0.15) is 0 Å². The summed E-state index contributed by atoms with van der Waals surface area (Å²) in [6.45, 7) is 1.62. The highest BCUT2D eigenvalue weighted by Gasteiger charge is 2.26. The molecule has 0 amide bonds. The van der Waals surface area contributed by atoms with E-state index in [1.165, 1.54) is 19.2 Å². The minimum atomic E-state index is -1.29. The Morgan fingerprint density at radius 2 is 1.55 bits per heavy atom. The summed E-state index contributed by atoms with van der Waals surface area (Å²) in [5.74, 6) is 0.350. The van der Waals surface area contributed by atoms with E-state index in [-0.39, 0.29) is 5.75 Å². The standard InChI is InChI=1S/C16H17FO3/c1-16(18,11-4-7-13(19-2)8-5-11)12-6-9-15(20-3)14(17)10-12/h4-10,18H,1-3H3. The third-order valence-corrected chi connectivity index (χ3v) is 3.37. The zero-order chi connectivity index (χ0) is 14.8. The van der Waals surface area contributed by atoms with Crippen molar-refractivity contribution in [2.45, 2.75) is 12.5 Å². The van der Waals surface area contributed by atoms with Crippen LogP contribution in [0.15, 0.2) is 42.5 Å². The van der Waals surface area contributed by atoms with Crippen molar-refractivity contribution in [1.29, 1.82) is 0 Å². The Bertz CT molecular complexity index is 591. The molecule has 0 spiro atoms. The second-order valence-corrected chi connectivity index (χ2v) is 4.65. The average molecular weight is 276 g/mol. The van der Waals surface area contributed by atoms with Crippen LogP contribution in [-0.4, -0.2) is 19.3 Å². The first kappa shape index (κ1) is 14.3. The van der Waals surface area contributed by atoms with Gasteiger partial charge in [0.05, 0.1) is 14.2 Å². The normalized spacial score (nSPS) is 13.7. The lowest BCUT2D eigenvalue weighted by Crippen LogP contribution is -2.22. The molecule has 0 saturated carbocycles. The van der Waals surface area contributed by atoms with Gasteiger partial charge in [-0.3, -0.25) is 0 Å². The fourth-order valence-electron chi connectivity index (χ4n) is 2.05. The minimum Gasteiger partial charge on any atom is -0.497 e. The third-order valence-electron chi connectivity index (χ3n) is 3.37. The van der Waals surface area contributed by atoms with Gasteiger partial charge in [-0.05, 0) is 42.3 Å². The molecule has 2 rings (SSSR count). The Labute approximate surface area is 117 Å². The van der Waals surface area contributed by atoms with Crippen LogP contribution in [0.3, 0.4) is 0 Å². The zero-order valence-corrected chi connectivity index (χ0v) is 11.7. The van der Waals surface area contributed by atoms with Gasteiger partial charge in [-0.15, -0.1) is 0 Å². The maximum atomic E-state index is 13.8. The highest BCUT2D eigenvalue weighted by atomic mass is 19.1. The van der Waals surface area contributed by atoms with Crippen molar-refractivity contribution >= 4 is 0 Å². The summed E-state index contributed by atoms with van der Waals surface area (Å²) in [6, 6.07) is 11.4. The molecule has 1 N–H and O–H groups in total. The number of ether oxygens (including phenoxy) is 2. The van der Waals surface area contributed by atoms with Gasteiger partial charge in [0.1, 0.15) is 11.4 Å². The summed E-state index contributed by atoms with van der Waals surface area (Å²) in [5, 5.41) is 10.7. The molecule has 3 nitrogen and oxygen atoms in total. The van der Waals surface area contributed by atoms with Crippen LogP contribution in [0.2, 0.25) is 0 Å². The average Bonchev–Trinajstić information content (AvgIpc) is 2.47. The van der Waals surface area contributed by atoms with Crippen molar-refractivity contribution < 1.29 is 19.0 Å². The van der Waals surface area contributed by atoms with Crippen molar-refractivity contribution in [1.82, 2.24) is 0 Å². The van der Waals surface area contributed by atoms with Crippen molar-refractivity contribution in [3.63, 3.8) is 0 Å². The number of benzene rings is 2. The fraction of sp³-hybridized carbons (Fsp3) is 0.250. The maximum absolute atomic E-state index is 13.8. The molecule has 0 heterocycles. The largest absolute Gasteiger partial charge is 0.497 e. The van der Waals surface area contributed by atoms with E-state index in [4.69, 9.17) is 9.47 Å². The number of hydrogen-bond donors (Lipinski definition) is 1. The van der Waals surface area contributed by atoms with Gasteiger partial charge in [0.15, 0.2) is 11.6 Å². The smallest absolute Gasteiger partial charge is 0.165 e. The van der Waals surface area contributed by atoms with Gasteiger partial charge in [0.25, 0.3) is 0 Å². The van der Waals surface area contributed by atoms with Crippen LogP contribution in [0.1, 0.15) is 18.1 Å². The summed E-state index contributed by atoms with van der Waals surface area (Å²) in [5.41, 5.74) is -0.178. The predicted molar refractivity (Wildman–Crippen MR) is 74.6 cm³/mol. The lowest BCUT2D eigenvalue weighted by Gasteiger charge is -2.25. The number of aliphatic hydroxyl groups is 1. The molecule has 0 aliphatic heterocycles. The van der Waals surface area contributed by atoms with Crippen molar-refractivity contribution in [2.75, 3.05) is 14.2 Å². The Balaban J connectivity index is 2.39. The van der Waals surface area contributed by atoms with Gasteiger partial charge >= 0.3 is 0 Å². The predicted octanol–water partition coefficient (Wildman–Crippen LogP) is 3.10. The number of methoxy groups -OCH3 is 2.